The summed E-state index contributed by atoms with van der Waals surface area (Å²) < 4.78 is 0. The molecule has 0 atom stereocenters. The molecule has 0 fully saturated rings. The highest BCUT2D eigenvalue weighted by Crippen LogP contribution is 2.29. The van der Waals surface area contributed by atoms with E-state index in [1.165, 1.54) is 0 Å². The van der Waals surface area contributed by atoms with Gasteiger partial charge in [-0.2, -0.15) is 0 Å². The van der Waals surface area contributed by atoms with Crippen LogP contribution in [0.4, 0.5) is 5.69 Å². The molecule has 5 rings (SSSR count). The lowest BCUT2D eigenvalue weighted by molar-refractivity contribution is 0.457. The van der Waals surface area contributed by atoms with Crippen LogP contribution in [-0.2, 0) is 0 Å². The highest BCUT2D eigenvalue weighted by Gasteiger charge is 2.11. The van der Waals surface area contributed by atoms with Gasteiger partial charge in [-0.05, 0) is 35.9 Å². The zero-order valence-corrected chi connectivity index (χ0v) is 14.9. The molecular formula is C23H16N4O. The van der Waals surface area contributed by atoms with Gasteiger partial charge in [-0.3, -0.25) is 9.98 Å². The van der Waals surface area contributed by atoms with E-state index in [0.29, 0.717) is 11.2 Å². The highest BCUT2D eigenvalue weighted by atomic mass is 16.3. The average Bonchev–Trinajstić information content (AvgIpc) is 3.07. The Labute approximate surface area is 161 Å². The molecule has 5 nitrogen and oxygen atoms in total. The maximum atomic E-state index is 10.3. The van der Waals surface area contributed by atoms with E-state index in [-0.39, 0.29) is 5.88 Å². The first-order valence-corrected chi connectivity index (χ1v) is 8.93. The van der Waals surface area contributed by atoms with Gasteiger partial charge in [0.05, 0.1) is 16.8 Å². The van der Waals surface area contributed by atoms with Crippen molar-refractivity contribution in [2.75, 3.05) is 0 Å². The third-order valence-corrected chi connectivity index (χ3v) is 4.71. The second-order valence-electron chi connectivity index (χ2n) is 6.51. The van der Waals surface area contributed by atoms with Crippen LogP contribution < -0.4 is 0 Å². The molecule has 0 radical (unpaired) electrons. The lowest BCUT2D eigenvalue weighted by atomic mass is 10.1. The molecular weight excluding hydrogens is 348 g/mol. The summed E-state index contributed by atoms with van der Waals surface area (Å²) in [6, 6.07) is 21.8. The minimum Gasteiger partial charge on any atom is -0.494 e. The SMILES string of the molecule is Oc1[nH]c2ncc(-c3ccccc3)cc2c1C=Nc1ccc2ncccc2c1. The van der Waals surface area contributed by atoms with Gasteiger partial charge >= 0.3 is 0 Å². The van der Waals surface area contributed by atoms with Crippen LogP contribution in [0.2, 0.25) is 0 Å². The van der Waals surface area contributed by atoms with Gasteiger partial charge in [-0.1, -0.05) is 36.4 Å². The van der Waals surface area contributed by atoms with Gasteiger partial charge in [0.25, 0.3) is 0 Å². The topological polar surface area (TPSA) is 74.2 Å². The first-order chi connectivity index (χ1) is 13.8. The molecule has 2 aromatic carbocycles. The van der Waals surface area contributed by atoms with Crippen molar-refractivity contribution in [3.63, 3.8) is 0 Å². The van der Waals surface area contributed by atoms with Gasteiger partial charge in [-0.25, -0.2) is 4.98 Å². The standard InChI is InChI=1S/C23H16N4O/c28-23-20(14-25-18-8-9-21-16(11-18)7-4-10-24-21)19-12-17(13-26-22(19)27-23)15-5-2-1-3-6-15/h1-14,28H,(H,26,27). The van der Waals surface area contributed by atoms with E-state index in [1.54, 1.807) is 18.6 Å². The van der Waals surface area contributed by atoms with Crippen LogP contribution >= 0.6 is 0 Å². The van der Waals surface area contributed by atoms with Crippen molar-refractivity contribution in [2.24, 2.45) is 4.99 Å². The molecule has 5 aromatic rings. The van der Waals surface area contributed by atoms with Gasteiger partial charge in [-0.15, -0.1) is 0 Å². The fourth-order valence-electron chi connectivity index (χ4n) is 3.28. The highest BCUT2D eigenvalue weighted by molar-refractivity contribution is 6.02. The zero-order chi connectivity index (χ0) is 18.9. The van der Waals surface area contributed by atoms with Gasteiger partial charge < -0.3 is 10.1 Å². The van der Waals surface area contributed by atoms with Crippen molar-refractivity contribution in [1.82, 2.24) is 15.0 Å². The van der Waals surface area contributed by atoms with Crippen LogP contribution in [0, 0.1) is 0 Å². The van der Waals surface area contributed by atoms with E-state index in [4.69, 9.17) is 0 Å². The number of nitrogens with zero attached hydrogens (tertiary/aromatic N) is 3. The number of aromatic amines is 1. The maximum absolute atomic E-state index is 10.3. The Bertz CT molecular complexity index is 1320. The number of hydrogen-bond acceptors (Lipinski definition) is 4. The van der Waals surface area contributed by atoms with E-state index in [9.17, 15) is 5.11 Å². The minimum absolute atomic E-state index is 0.0546. The Kier molecular flexibility index (Phi) is 3.84. The maximum Gasteiger partial charge on any atom is 0.199 e. The summed E-state index contributed by atoms with van der Waals surface area (Å²) in [4.78, 5) is 16.2. The van der Waals surface area contributed by atoms with Crippen molar-refractivity contribution >= 4 is 33.8 Å². The Morgan fingerprint density at radius 2 is 1.79 bits per heavy atom. The molecule has 0 unspecified atom stereocenters. The van der Waals surface area contributed by atoms with Crippen LogP contribution in [-0.4, -0.2) is 26.3 Å². The van der Waals surface area contributed by atoms with Crippen LogP contribution in [0.15, 0.2) is 84.1 Å². The lowest BCUT2D eigenvalue weighted by Crippen LogP contribution is -1.84. The quantitative estimate of drug-likeness (QED) is 0.430. The molecule has 134 valence electrons. The van der Waals surface area contributed by atoms with Crippen molar-refractivity contribution in [1.29, 1.82) is 0 Å². The molecule has 28 heavy (non-hydrogen) atoms. The molecule has 0 amide bonds. The van der Waals surface area contributed by atoms with Crippen LogP contribution in [0.1, 0.15) is 5.56 Å². The predicted octanol–water partition coefficient (Wildman–Crippen LogP) is 5.23. The summed E-state index contributed by atoms with van der Waals surface area (Å²) >= 11 is 0. The molecule has 0 aliphatic rings. The van der Waals surface area contributed by atoms with E-state index < -0.39 is 0 Å². The molecule has 2 N–H and O–H groups in total. The van der Waals surface area contributed by atoms with E-state index in [0.717, 1.165) is 33.1 Å². The predicted molar refractivity (Wildman–Crippen MR) is 112 cm³/mol. The number of H-pyrrole nitrogens is 1. The largest absolute Gasteiger partial charge is 0.494 e. The Morgan fingerprint density at radius 1 is 0.893 bits per heavy atom. The third-order valence-electron chi connectivity index (χ3n) is 4.71. The summed E-state index contributed by atoms with van der Waals surface area (Å²) in [7, 11) is 0. The van der Waals surface area contributed by atoms with Gasteiger partial charge in [0.15, 0.2) is 5.88 Å². The van der Waals surface area contributed by atoms with Crippen molar-refractivity contribution in [2.45, 2.75) is 0 Å². The van der Waals surface area contributed by atoms with Gasteiger partial charge in [0, 0.05) is 34.9 Å². The number of aromatic hydroxyl groups is 1. The second-order valence-corrected chi connectivity index (χ2v) is 6.51. The second kappa shape index (κ2) is 6.63. The number of rotatable bonds is 3. The fourth-order valence-corrected chi connectivity index (χ4v) is 3.28. The van der Waals surface area contributed by atoms with Crippen LogP contribution in [0.3, 0.4) is 0 Å². The summed E-state index contributed by atoms with van der Waals surface area (Å²) in [6.45, 7) is 0. The lowest BCUT2D eigenvalue weighted by Gasteiger charge is -2.01. The first kappa shape index (κ1) is 16.2. The van der Waals surface area contributed by atoms with Gasteiger partial charge in [0.1, 0.15) is 5.65 Å². The van der Waals surface area contributed by atoms with Crippen molar-refractivity contribution in [3.8, 4) is 17.0 Å². The summed E-state index contributed by atoms with van der Waals surface area (Å²) in [5, 5.41) is 12.2. The number of hydrogen-bond donors (Lipinski definition) is 2. The Morgan fingerprint density at radius 3 is 2.68 bits per heavy atom. The number of aromatic nitrogens is 3. The summed E-state index contributed by atoms with van der Waals surface area (Å²) in [5.74, 6) is 0.0546. The molecule has 3 aromatic heterocycles. The molecule has 3 heterocycles. The minimum atomic E-state index is 0.0546. The van der Waals surface area contributed by atoms with Crippen LogP contribution in [0.5, 0.6) is 5.88 Å². The molecule has 5 heteroatoms. The van der Waals surface area contributed by atoms with Crippen LogP contribution in [0.25, 0.3) is 33.1 Å². The molecule has 0 saturated heterocycles. The van der Waals surface area contributed by atoms with Crippen molar-refractivity contribution in [3.05, 3.63) is 84.7 Å². The Hall–Kier alpha value is -3.99. The number of benzene rings is 2. The molecule has 0 aliphatic heterocycles. The molecule has 0 bridgehead atoms. The third kappa shape index (κ3) is 2.89. The van der Waals surface area contributed by atoms with Gasteiger partial charge in [0.2, 0.25) is 0 Å². The molecule has 0 aliphatic carbocycles. The van der Waals surface area contributed by atoms with E-state index >= 15 is 0 Å². The smallest absolute Gasteiger partial charge is 0.199 e. The monoisotopic (exact) mass is 364 g/mol. The molecule has 0 spiro atoms. The summed E-state index contributed by atoms with van der Waals surface area (Å²) in [6.07, 6.45) is 5.24. The number of pyridine rings is 2. The first-order valence-electron chi connectivity index (χ1n) is 8.93. The number of nitrogens with one attached hydrogen (secondary N) is 1. The van der Waals surface area contributed by atoms with Crippen molar-refractivity contribution < 1.29 is 5.11 Å². The zero-order valence-electron chi connectivity index (χ0n) is 14.9. The fraction of sp³-hybridized carbons (Fsp3) is 0. The van der Waals surface area contributed by atoms with E-state index in [2.05, 4.69) is 19.9 Å². The number of aliphatic imine (C=N–C) groups is 1. The van der Waals surface area contributed by atoms with E-state index in [1.807, 2.05) is 66.7 Å². The normalized spacial score (nSPS) is 11.6. The number of fused-ring (bicyclic) bond motifs is 2. The Balaban J connectivity index is 1.57. The summed E-state index contributed by atoms with van der Waals surface area (Å²) in [5.41, 5.74) is 5.02. The average molecular weight is 364 g/mol. The molecule has 0 saturated carbocycles.